The van der Waals surface area contributed by atoms with Gasteiger partial charge in [-0.2, -0.15) is 0 Å². The number of esters is 1. The number of carbonyl (C=O) groups excluding carboxylic acids is 1. The minimum atomic E-state index is -0.184. The maximum atomic E-state index is 12.3. The molecule has 0 atom stereocenters. The van der Waals surface area contributed by atoms with E-state index in [1.165, 1.54) is 25.7 Å². The number of rotatable bonds is 4. The molecule has 0 radical (unpaired) electrons. The molecule has 2 rings (SSSR count). The molecule has 0 spiro atoms. The predicted octanol–water partition coefficient (Wildman–Crippen LogP) is 3.07. The summed E-state index contributed by atoms with van der Waals surface area (Å²) < 4.78 is 5.66. The number of hydrogen-bond donors (Lipinski definition) is 1. The number of hydrogen-bond acceptors (Lipinski definition) is 3. The van der Waals surface area contributed by atoms with E-state index in [0.717, 1.165) is 24.8 Å². The second-order valence-electron chi connectivity index (χ2n) is 5.21. The molecule has 0 unspecified atom stereocenters. The number of nitrogens with two attached hydrogens (primary N) is 1. The number of ether oxygens (including phenoxy) is 1. The van der Waals surface area contributed by atoms with Crippen LogP contribution in [0.4, 0.5) is 0 Å². The molecule has 0 amide bonds. The van der Waals surface area contributed by atoms with E-state index in [4.69, 9.17) is 10.5 Å². The van der Waals surface area contributed by atoms with Gasteiger partial charge in [0.15, 0.2) is 0 Å². The largest absolute Gasteiger partial charge is 0.459 e. The fourth-order valence-corrected chi connectivity index (χ4v) is 2.67. The highest BCUT2D eigenvalue weighted by Crippen LogP contribution is 2.21. The van der Waals surface area contributed by atoms with Crippen molar-refractivity contribution in [2.24, 2.45) is 5.73 Å². The zero-order chi connectivity index (χ0) is 13.5. The second-order valence-corrected chi connectivity index (χ2v) is 5.21. The van der Waals surface area contributed by atoms with Crippen molar-refractivity contribution in [2.45, 2.75) is 51.0 Å². The molecule has 0 bridgehead atoms. The normalized spacial score (nSPS) is 16.9. The first-order valence-electron chi connectivity index (χ1n) is 7.30. The molecule has 0 aromatic heterocycles. The Bertz CT molecular complexity index is 409. The molecule has 19 heavy (non-hydrogen) atoms. The monoisotopic (exact) mass is 261 g/mol. The van der Waals surface area contributed by atoms with Crippen molar-refractivity contribution >= 4 is 5.97 Å². The van der Waals surface area contributed by atoms with E-state index in [9.17, 15) is 4.79 Å². The van der Waals surface area contributed by atoms with Gasteiger partial charge in [-0.1, -0.05) is 31.0 Å². The van der Waals surface area contributed by atoms with Crippen LogP contribution in [0.1, 0.15) is 54.4 Å². The maximum absolute atomic E-state index is 12.3. The van der Waals surface area contributed by atoms with Crippen LogP contribution in [0.5, 0.6) is 0 Å². The van der Waals surface area contributed by atoms with E-state index in [1.807, 2.05) is 24.3 Å². The smallest absolute Gasteiger partial charge is 0.338 e. The summed E-state index contributed by atoms with van der Waals surface area (Å²) >= 11 is 0. The lowest BCUT2D eigenvalue weighted by atomic mass is 10.0. The molecule has 104 valence electrons. The Labute approximate surface area is 115 Å². The van der Waals surface area contributed by atoms with E-state index < -0.39 is 0 Å². The SMILES string of the molecule is NCCc1ccccc1C(=O)OC1CCCCCC1. The van der Waals surface area contributed by atoms with Crippen LogP contribution in [0.2, 0.25) is 0 Å². The number of carbonyl (C=O) groups is 1. The van der Waals surface area contributed by atoms with Crippen LogP contribution in [0.3, 0.4) is 0 Å². The molecule has 0 aliphatic heterocycles. The Kier molecular flexibility index (Phi) is 5.40. The van der Waals surface area contributed by atoms with Crippen molar-refractivity contribution < 1.29 is 9.53 Å². The highest BCUT2D eigenvalue weighted by molar-refractivity contribution is 5.91. The summed E-state index contributed by atoms with van der Waals surface area (Å²) in [4.78, 5) is 12.3. The highest BCUT2D eigenvalue weighted by Gasteiger charge is 2.19. The molecule has 3 heteroatoms. The zero-order valence-electron chi connectivity index (χ0n) is 11.4. The summed E-state index contributed by atoms with van der Waals surface area (Å²) in [6, 6.07) is 7.61. The Balaban J connectivity index is 2.02. The average molecular weight is 261 g/mol. The summed E-state index contributed by atoms with van der Waals surface area (Å²) in [7, 11) is 0. The molecule has 0 saturated heterocycles. The molecule has 1 saturated carbocycles. The van der Waals surface area contributed by atoms with Crippen LogP contribution < -0.4 is 5.73 Å². The lowest BCUT2D eigenvalue weighted by Crippen LogP contribution is -2.19. The van der Waals surface area contributed by atoms with E-state index in [0.29, 0.717) is 12.1 Å². The summed E-state index contributed by atoms with van der Waals surface area (Å²) in [6.07, 6.45) is 7.69. The molecule has 1 aromatic carbocycles. The first kappa shape index (κ1) is 14.1. The summed E-state index contributed by atoms with van der Waals surface area (Å²) in [5.74, 6) is -0.184. The first-order chi connectivity index (χ1) is 9.31. The van der Waals surface area contributed by atoms with Crippen LogP contribution in [-0.2, 0) is 11.2 Å². The van der Waals surface area contributed by atoms with Crippen molar-refractivity contribution in [3.8, 4) is 0 Å². The Hall–Kier alpha value is -1.35. The van der Waals surface area contributed by atoms with Crippen molar-refractivity contribution in [1.29, 1.82) is 0 Å². The number of benzene rings is 1. The van der Waals surface area contributed by atoms with Gasteiger partial charge in [0.2, 0.25) is 0 Å². The minimum absolute atomic E-state index is 0.0981. The molecule has 1 fully saturated rings. The fourth-order valence-electron chi connectivity index (χ4n) is 2.67. The zero-order valence-corrected chi connectivity index (χ0v) is 11.4. The van der Waals surface area contributed by atoms with Crippen molar-refractivity contribution in [2.75, 3.05) is 6.54 Å². The molecule has 1 aromatic rings. The molecular weight excluding hydrogens is 238 g/mol. The Morgan fingerprint density at radius 1 is 1.16 bits per heavy atom. The van der Waals surface area contributed by atoms with E-state index in [-0.39, 0.29) is 12.1 Å². The van der Waals surface area contributed by atoms with Crippen LogP contribution in [0.15, 0.2) is 24.3 Å². The highest BCUT2D eigenvalue weighted by atomic mass is 16.5. The average Bonchev–Trinajstić information content (AvgIpc) is 2.68. The van der Waals surface area contributed by atoms with Gasteiger partial charge >= 0.3 is 5.97 Å². The lowest BCUT2D eigenvalue weighted by Gasteiger charge is -2.16. The summed E-state index contributed by atoms with van der Waals surface area (Å²) in [5, 5.41) is 0. The molecule has 3 nitrogen and oxygen atoms in total. The van der Waals surface area contributed by atoms with Crippen molar-refractivity contribution in [3.63, 3.8) is 0 Å². The van der Waals surface area contributed by atoms with Gasteiger partial charge in [0, 0.05) is 0 Å². The van der Waals surface area contributed by atoms with Gasteiger partial charge in [-0.15, -0.1) is 0 Å². The van der Waals surface area contributed by atoms with Gasteiger partial charge < -0.3 is 10.5 Å². The third-order valence-corrected chi connectivity index (χ3v) is 3.73. The van der Waals surface area contributed by atoms with Gasteiger partial charge in [-0.25, -0.2) is 4.79 Å². The molecule has 0 heterocycles. The first-order valence-corrected chi connectivity index (χ1v) is 7.30. The molecular formula is C16H23NO2. The van der Waals surface area contributed by atoms with Gasteiger partial charge in [-0.05, 0) is 50.3 Å². The third kappa shape index (κ3) is 4.06. The fraction of sp³-hybridized carbons (Fsp3) is 0.562. The van der Waals surface area contributed by atoms with Gasteiger partial charge in [0.1, 0.15) is 6.10 Å². The van der Waals surface area contributed by atoms with Crippen molar-refractivity contribution in [3.05, 3.63) is 35.4 Å². The van der Waals surface area contributed by atoms with Gasteiger partial charge in [-0.3, -0.25) is 0 Å². The maximum Gasteiger partial charge on any atom is 0.338 e. The van der Waals surface area contributed by atoms with Crippen LogP contribution in [0, 0.1) is 0 Å². The third-order valence-electron chi connectivity index (χ3n) is 3.73. The van der Waals surface area contributed by atoms with Crippen LogP contribution in [0.25, 0.3) is 0 Å². The molecule has 1 aliphatic carbocycles. The predicted molar refractivity (Wildman–Crippen MR) is 76.1 cm³/mol. The Morgan fingerprint density at radius 3 is 2.53 bits per heavy atom. The van der Waals surface area contributed by atoms with Gasteiger partial charge in [0.25, 0.3) is 0 Å². The van der Waals surface area contributed by atoms with E-state index in [1.54, 1.807) is 0 Å². The van der Waals surface area contributed by atoms with Crippen LogP contribution in [-0.4, -0.2) is 18.6 Å². The summed E-state index contributed by atoms with van der Waals surface area (Å²) in [6.45, 7) is 0.549. The van der Waals surface area contributed by atoms with Crippen molar-refractivity contribution in [1.82, 2.24) is 0 Å². The van der Waals surface area contributed by atoms with Gasteiger partial charge in [0.05, 0.1) is 5.56 Å². The lowest BCUT2D eigenvalue weighted by molar-refractivity contribution is 0.0266. The molecule has 1 aliphatic rings. The Morgan fingerprint density at radius 2 is 1.84 bits per heavy atom. The minimum Gasteiger partial charge on any atom is -0.459 e. The van der Waals surface area contributed by atoms with E-state index in [2.05, 4.69) is 0 Å². The topological polar surface area (TPSA) is 52.3 Å². The standard InChI is InChI=1S/C16H23NO2/c17-12-11-13-7-5-6-10-15(13)16(18)19-14-8-3-1-2-4-9-14/h5-7,10,14H,1-4,8-9,11-12,17H2. The second kappa shape index (κ2) is 7.29. The summed E-state index contributed by atoms with van der Waals surface area (Å²) in [5.41, 5.74) is 7.25. The van der Waals surface area contributed by atoms with Crippen LogP contribution >= 0.6 is 0 Å². The van der Waals surface area contributed by atoms with E-state index >= 15 is 0 Å². The molecule has 2 N–H and O–H groups in total. The quantitative estimate of drug-likeness (QED) is 0.669.